The molecule has 5 nitrogen and oxygen atoms in total. The van der Waals surface area contributed by atoms with Crippen molar-refractivity contribution < 1.29 is 9.53 Å². The van der Waals surface area contributed by atoms with Gasteiger partial charge in [0.15, 0.2) is 5.78 Å². The van der Waals surface area contributed by atoms with Crippen LogP contribution in [0.5, 0.6) is 5.75 Å². The van der Waals surface area contributed by atoms with Gasteiger partial charge in [-0.05, 0) is 44.3 Å². The van der Waals surface area contributed by atoms with Crippen LogP contribution in [-0.2, 0) is 0 Å². The van der Waals surface area contributed by atoms with Gasteiger partial charge >= 0.3 is 0 Å². The van der Waals surface area contributed by atoms with E-state index in [0.717, 1.165) is 57.0 Å². The van der Waals surface area contributed by atoms with E-state index >= 15 is 0 Å². The molecule has 2 saturated heterocycles. The summed E-state index contributed by atoms with van der Waals surface area (Å²) in [7, 11) is 2.12. The van der Waals surface area contributed by atoms with Crippen LogP contribution in [0.1, 0.15) is 16.8 Å². The highest BCUT2D eigenvalue weighted by atomic mass is 35.5. The second-order valence-corrected chi connectivity index (χ2v) is 6.26. The number of benzene rings is 1. The second-order valence-electron chi connectivity index (χ2n) is 6.26. The highest BCUT2D eigenvalue weighted by Crippen LogP contribution is 2.17. The van der Waals surface area contributed by atoms with E-state index in [1.54, 1.807) is 0 Å². The standard InChI is InChI=1S/C17H25N3O2.ClH/c1-19-8-10-20(11-9-19)13-17(21)14-2-4-15(5-3-14)22-16-6-7-18-12-16;/h2-5,16,18H,6-13H2,1H3;1H. The number of hydrogen-bond donors (Lipinski definition) is 1. The number of likely N-dealkylation sites (N-methyl/N-ethyl adjacent to an activating group) is 1. The Labute approximate surface area is 144 Å². The van der Waals surface area contributed by atoms with Gasteiger partial charge in [-0.25, -0.2) is 0 Å². The van der Waals surface area contributed by atoms with Crippen LogP contribution in [0.25, 0.3) is 0 Å². The van der Waals surface area contributed by atoms with Crippen molar-refractivity contribution in [2.45, 2.75) is 12.5 Å². The van der Waals surface area contributed by atoms with Gasteiger partial charge in [0.05, 0.1) is 6.54 Å². The molecule has 1 N–H and O–H groups in total. The molecule has 1 unspecified atom stereocenters. The van der Waals surface area contributed by atoms with Crippen molar-refractivity contribution >= 4 is 18.2 Å². The third-order valence-electron chi connectivity index (χ3n) is 4.46. The van der Waals surface area contributed by atoms with Crippen molar-refractivity contribution in [3.63, 3.8) is 0 Å². The van der Waals surface area contributed by atoms with E-state index in [2.05, 4.69) is 22.2 Å². The maximum atomic E-state index is 12.3. The fourth-order valence-electron chi connectivity index (χ4n) is 2.94. The molecule has 2 aliphatic rings. The molecule has 0 aliphatic carbocycles. The maximum Gasteiger partial charge on any atom is 0.176 e. The summed E-state index contributed by atoms with van der Waals surface area (Å²) in [4.78, 5) is 16.9. The molecule has 1 aromatic rings. The lowest BCUT2D eigenvalue weighted by Gasteiger charge is -2.31. The van der Waals surface area contributed by atoms with Gasteiger partial charge in [-0.2, -0.15) is 0 Å². The number of nitrogens with zero attached hydrogens (tertiary/aromatic N) is 2. The molecule has 23 heavy (non-hydrogen) atoms. The van der Waals surface area contributed by atoms with Crippen LogP contribution in [0.4, 0.5) is 0 Å². The Bertz CT molecular complexity index is 495. The van der Waals surface area contributed by atoms with Crippen molar-refractivity contribution in [3.8, 4) is 5.75 Å². The maximum absolute atomic E-state index is 12.3. The molecule has 0 amide bonds. The number of carbonyl (C=O) groups excluding carboxylic acids is 1. The smallest absolute Gasteiger partial charge is 0.176 e. The number of halogens is 1. The normalized spacial score (nSPS) is 22.6. The molecule has 0 spiro atoms. The molecule has 2 heterocycles. The van der Waals surface area contributed by atoms with Crippen LogP contribution in [-0.4, -0.2) is 74.5 Å². The predicted octanol–water partition coefficient (Wildman–Crippen LogP) is 1.28. The fourth-order valence-corrected chi connectivity index (χ4v) is 2.94. The van der Waals surface area contributed by atoms with Gasteiger partial charge in [-0.3, -0.25) is 9.69 Å². The number of piperazine rings is 1. The summed E-state index contributed by atoms with van der Waals surface area (Å²) in [6.45, 7) is 6.46. The Hall–Kier alpha value is -1.14. The van der Waals surface area contributed by atoms with Crippen LogP contribution >= 0.6 is 12.4 Å². The van der Waals surface area contributed by atoms with Gasteiger partial charge in [0, 0.05) is 38.3 Å². The quantitative estimate of drug-likeness (QED) is 0.819. The zero-order valence-electron chi connectivity index (χ0n) is 13.7. The van der Waals surface area contributed by atoms with E-state index in [1.165, 1.54) is 0 Å². The van der Waals surface area contributed by atoms with E-state index in [-0.39, 0.29) is 24.3 Å². The van der Waals surface area contributed by atoms with Crippen LogP contribution in [0, 0.1) is 0 Å². The van der Waals surface area contributed by atoms with Gasteiger partial charge in [0.25, 0.3) is 0 Å². The molecule has 6 heteroatoms. The molecule has 0 saturated carbocycles. The zero-order chi connectivity index (χ0) is 15.4. The van der Waals surface area contributed by atoms with Gasteiger partial charge < -0.3 is 15.0 Å². The van der Waals surface area contributed by atoms with Gasteiger partial charge in [-0.1, -0.05) is 0 Å². The van der Waals surface area contributed by atoms with E-state index in [9.17, 15) is 4.79 Å². The van der Waals surface area contributed by atoms with Crippen molar-refractivity contribution in [3.05, 3.63) is 29.8 Å². The van der Waals surface area contributed by atoms with Crippen molar-refractivity contribution in [2.75, 3.05) is 52.9 Å². The monoisotopic (exact) mass is 339 g/mol. The second kappa shape index (κ2) is 8.64. The zero-order valence-corrected chi connectivity index (χ0v) is 14.5. The highest BCUT2D eigenvalue weighted by Gasteiger charge is 2.18. The number of ketones is 1. The molecule has 2 aliphatic heterocycles. The van der Waals surface area contributed by atoms with Crippen molar-refractivity contribution in [2.24, 2.45) is 0 Å². The molecule has 0 aromatic heterocycles. The Morgan fingerprint density at radius 2 is 1.91 bits per heavy atom. The first-order valence-corrected chi connectivity index (χ1v) is 8.12. The summed E-state index contributed by atoms with van der Waals surface area (Å²) in [6.07, 6.45) is 1.30. The summed E-state index contributed by atoms with van der Waals surface area (Å²) in [5, 5.41) is 3.28. The lowest BCUT2D eigenvalue weighted by molar-refractivity contribution is 0.0876. The molecule has 0 bridgehead atoms. The minimum absolute atomic E-state index is 0. The molecule has 2 fully saturated rings. The fraction of sp³-hybridized carbons (Fsp3) is 0.588. The number of carbonyl (C=O) groups is 1. The Morgan fingerprint density at radius 3 is 2.52 bits per heavy atom. The third-order valence-corrected chi connectivity index (χ3v) is 4.46. The Balaban J connectivity index is 0.00000192. The van der Waals surface area contributed by atoms with Gasteiger partial charge in [0.2, 0.25) is 0 Å². The molecule has 1 atom stereocenters. The van der Waals surface area contributed by atoms with Gasteiger partial charge in [-0.15, -0.1) is 12.4 Å². The molecular formula is C17H26ClN3O2. The number of Topliss-reactive ketones (excluding diaryl/α,β-unsaturated/α-hetero) is 1. The lowest BCUT2D eigenvalue weighted by Crippen LogP contribution is -2.46. The van der Waals surface area contributed by atoms with Crippen LogP contribution in [0.15, 0.2) is 24.3 Å². The van der Waals surface area contributed by atoms with E-state index in [0.29, 0.717) is 6.54 Å². The number of nitrogens with one attached hydrogen (secondary N) is 1. The summed E-state index contributed by atoms with van der Waals surface area (Å²) in [6, 6.07) is 7.59. The first kappa shape index (κ1) is 18.2. The molecule has 3 rings (SSSR count). The number of ether oxygens (including phenoxy) is 1. The minimum Gasteiger partial charge on any atom is -0.489 e. The number of hydrogen-bond acceptors (Lipinski definition) is 5. The highest BCUT2D eigenvalue weighted by molar-refractivity contribution is 5.97. The lowest BCUT2D eigenvalue weighted by atomic mass is 10.1. The SMILES string of the molecule is CN1CCN(CC(=O)c2ccc(OC3CCNC3)cc2)CC1.Cl. The summed E-state index contributed by atoms with van der Waals surface area (Å²) >= 11 is 0. The summed E-state index contributed by atoms with van der Waals surface area (Å²) in [5.74, 6) is 1.04. The Morgan fingerprint density at radius 1 is 1.22 bits per heavy atom. The molecular weight excluding hydrogens is 314 g/mol. The van der Waals surface area contributed by atoms with E-state index in [1.807, 2.05) is 24.3 Å². The predicted molar refractivity (Wildman–Crippen MR) is 93.9 cm³/mol. The number of rotatable bonds is 5. The van der Waals surface area contributed by atoms with Crippen LogP contribution in [0.3, 0.4) is 0 Å². The average Bonchev–Trinajstić information content (AvgIpc) is 3.03. The Kier molecular flexibility index (Phi) is 6.84. The van der Waals surface area contributed by atoms with Crippen molar-refractivity contribution in [1.29, 1.82) is 0 Å². The summed E-state index contributed by atoms with van der Waals surface area (Å²) < 4.78 is 5.88. The third kappa shape index (κ3) is 5.18. The van der Waals surface area contributed by atoms with Crippen molar-refractivity contribution in [1.82, 2.24) is 15.1 Å². The first-order chi connectivity index (χ1) is 10.7. The van der Waals surface area contributed by atoms with E-state index in [4.69, 9.17) is 4.74 Å². The molecule has 1 aromatic carbocycles. The first-order valence-electron chi connectivity index (χ1n) is 8.12. The summed E-state index contributed by atoms with van der Waals surface area (Å²) in [5.41, 5.74) is 0.774. The minimum atomic E-state index is 0. The van der Waals surface area contributed by atoms with Crippen LogP contribution < -0.4 is 10.1 Å². The topological polar surface area (TPSA) is 44.8 Å². The average molecular weight is 340 g/mol. The largest absolute Gasteiger partial charge is 0.489 e. The van der Waals surface area contributed by atoms with Crippen LogP contribution in [0.2, 0.25) is 0 Å². The van der Waals surface area contributed by atoms with E-state index < -0.39 is 0 Å². The molecule has 128 valence electrons. The van der Waals surface area contributed by atoms with Gasteiger partial charge in [0.1, 0.15) is 11.9 Å². The molecule has 0 radical (unpaired) electrons.